The highest BCUT2D eigenvalue weighted by molar-refractivity contribution is 5.79. The van der Waals surface area contributed by atoms with Crippen molar-refractivity contribution in [2.24, 2.45) is 5.10 Å². The molecule has 2 N–H and O–H groups in total. The van der Waals surface area contributed by atoms with Gasteiger partial charge in [-0.3, -0.25) is 0 Å². The average Bonchev–Trinajstić information content (AvgIpc) is 2.46. The van der Waals surface area contributed by atoms with Crippen molar-refractivity contribution in [1.29, 1.82) is 0 Å². The molecule has 0 saturated heterocycles. The highest BCUT2D eigenvalue weighted by Crippen LogP contribution is 2.27. The topological polar surface area (TPSA) is 75.1 Å². The number of nitrogens with one attached hydrogen (secondary N) is 2. The van der Waals surface area contributed by atoms with Crippen LogP contribution in [0.3, 0.4) is 0 Å². The minimum Gasteiger partial charge on any atom is -0.352 e. The molecular formula is C14H15F3N6. The number of anilines is 2. The van der Waals surface area contributed by atoms with E-state index in [9.17, 15) is 13.2 Å². The van der Waals surface area contributed by atoms with E-state index in [0.29, 0.717) is 0 Å². The molecule has 0 unspecified atom stereocenters. The van der Waals surface area contributed by atoms with Crippen LogP contribution in [0, 0.1) is 0 Å². The summed E-state index contributed by atoms with van der Waals surface area (Å²) in [5.41, 5.74) is 3.17. The van der Waals surface area contributed by atoms with Crippen LogP contribution in [0.5, 0.6) is 0 Å². The van der Waals surface area contributed by atoms with E-state index >= 15 is 0 Å². The Balaban J connectivity index is 2.21. The number of alkyl halides is 3. The zero-order valence-electron chi connectivity index (χ0n) is 12.5. The third kappa shape index (κ3) is 5.20. The molecule has 0 aliphatic carbocycles. The second-order valence-corrected chi connectivity index (χ2v) is 4.88. The molecule has 2 aromatic rings. The summed E-state index contributed by atoms with van der Waals surface area (Å²) in [5, 5.41) is 6.54. The summed E-state index contributed by atoms with van der Waals surface area (Å²) in [6, 6.07) is 8.94. The monoisotopic (exact) mass is 324 g/mol. The van der Waals surface area contributed by atoms with E-state index in [-0.39, 0.29) is 17.9 Å². The van der Waals surface area contributed by atoms with Crippen molar-refractivity contribution < 1.29 is 13.2 Å². The van der Waals surface area contributed by atoms with Crippen LogP contribution in [0.25, 0.3) is 0 Å². The van der Waals surface area contributed by atoms with Crippen molar-refractivity contribution in [3.8, 4) is 0 Å². The molecule has 0 saturated carbocycles. The Morgan fingerprint density at radius 3 is 2.30 bits per heavy atom. The Bertz CT molecular complexity index is 670. The molecule has 2 rings (SSSR count). The van der Waals surface area contributed by atoms with Crippen LogP contribution in [0.2, 0.25) is 0 Å². The van der Waals surface area contributed by atoms with Gasteiger partial charge in [-0.1, -0.05) is 30.3 Å². The minimum absolute atomic E-state index is 0.126. The summed E-state index contributed by atoms with van der Waals surface area (Å²) in [6.07, 6.45) is -3.22. The number of halogens is 3. The molecule has 0 bridgehead atoms. The lowest BCUT2D eigenvalue weighted by Crippen LogP contribution is -2.19. The smallest absolute Gasteiger partial charge is 0.352 e. The number of hydrazone groups is 1. The van der Waals surface area contributed by atoms with Crippen LogP contribution < -0.4 is 10.7 Å². The van der Waals surface area contributed by atoms with Gasteiger partial charge in [0.2, 0.25) is 17.7 Å². The van der Waals surface area contributed by atoms with Gasteiger partial charge in [0.15, 0.2) is 0 Å². The second-order valence-electron chi connectivity index (χ2n) is 4.88. The van der Waals surface area contributed by atoms with E-state index in [0.717, 1.165) is 5.56 Å². The fourth-order valence-corrected chi connectivity index (χ4v) is 1.58. The van der Waals surface area contributed by atoms with Gasteiger partial charge in [0, 0.05) is 6.04 Å². The largest absolute Gasteiger partial charge is 0.451 e. The number of hydrogen-bond donors (Lipinski definition) is 2. The van der Waals surface area contributed by atoms with E-state index in [1.54, 1.807) is 26.0 Å². The Hall–Kier alpha value is -2.71. The number of hydrogen-bond acceptors (Lipinski definition) is 6. The van der Waals surface area contributed by atoms with E-state index in [1.165, 1.54) is 6.21 Å². The normalized spacial score (nSPS) is 11.9. The molecule has 0 spiro atoms. The molecule has 122 valence electrons. The van der Waals surface area contributed by atoms with Gasteiger partial charge in [0.25, 0.3) is 0 Å². The van der Waals surface area contributed by atoms with Gasteiger partial charge in [-0.05, 0) is 19.4 Å². The number of nitrogens with zero attached hydrogens (tertiary/aromatic N) is 4. The third-order valence-corrected chi connectivity index (χ3v) is 2.48. The van der Waals surface area contributed by atoms with Gasteiger partial charge in [0.05, 0.1) is 6.21 Å². The molecule has 6 nitrogen and oxygen atoms in total. The number of rotatable bonds is 5. The molecule has 0 aliphatic rings. The molecule has 0 amide bonds. The van der Waals surface area contributed by atoms with Gasteiger partial charge >= 0.3 is 6.18 Å². The first-order chi connectivity index (χ1) is 10.8. The summed E-state index contributed by atoms with van der Waals surface area (Å²) in [6.45, 7) is 3.52. The lowest BCUT2D eigenvalue weighted by Gasteiger charge is -2.11. The van der Waals surface area contributed by atoms with Crippen LogP contribution in [0.15, 0.2) is 35.4 Å². The molecule has 1 aromatic carbocycles. The summed E-state index contributed by atoms with van der Waals surface area (Å²) >= 11 is 0. The van der Waals surface area contributed by atoms with E-state index in [4.69, 9.17) is 0 Å². The van der Waals surface area contributed by atoms with Crippen molar-refractivity contribution in [2.45, 2.75) is 26.1 Å². The molecule has 9 heteroatoms. The van der Waals surface area contributed by atoms with Gasteiger partial charge in [-0.2, -0.15) is 33.2 Å². The predicted octanol–water partition coefficient (Wildman–Crippen LogP) is 3.16. The first-order valence-electron chi connectivity index (χ1n) is 6.78. The zero-order valence-corrected chi connectivity index (χ0v) is 12.5. The minimum atomic E-state index is -4.67. The number of benzene rings is 1. The molecule has 0 radical (unpaired) electrons. The summed E-state index contributed by atoms with van der Waals surface area (Å²) in [5.74, 6) is -1.74. The summed E-state index contributed by atoms with van der Waals surface area (Å²) in [4.78, 5) is 10.6. The van der Waals surface area contributed by atoms with Crippen LogP contribution >= 0.6 is 0 Å². The quantitative estimate of drug-likeness (QED) is 0.653. The molecular weight excluding hydrogens is 309 g/mol. The SMILES string of the molecule is CC(C)Nc1nc(N/N=C\c2ccccc2)nc(C(F)(F)F)n1. The highest BCUT2D eigenvalue weighted by Gasteiger charge is 2.36. The molecule has 23 heavy (non-hydrogen) atoms. The summed E-state index contributed by atoms with van der Waals surface area (Å²) < 4.78 is 38.5. The second kappa shape index (κ2) is 7.03. The van der Waals surface area contributed by atoms with Crippen molar-refractivity contribution in [1.82, 2.24) is 15.0 Å². The van der Waals surface area contributed by atoms with Crippen LogP contribution in [-0.4, -0.2) is 27.2 Å². The lowest BCUT2D eigenvalue weighted by molar-refractivity contribution is -0.144. The van der Waals surface area contributed by atoms with E-state index in [1.807, 2.05) is 18.2 Å². The van der Waals surface area contributed by atoms with Gasteiger partial charge in [-0.15, -0.1) is 0 Å². The van der Waals surface area contributed by atoms with Crippen LogP contribution in [0.4, 0.5) is 25.1 Å². The molecule has 0 aliphatic heterocycles. The van der Waals surface area contributed by atoms with Gasteiger partial charge in [0.1, 0.15) is 0 Å². The van der Waals surface area contributed by atoms with Crippen molar-refractivity contribution >= 4 is 18.1 Å². The third-order valence-electron chi connectivity index (χ3n) is 2.48. The molecule has 1 heterocycles. The average molecular weight is 324 g/mol. The highest BCUT2D eigenvalue weighted by atomic mass is 19.4. The van der Waals surface area contributed by atoms with E-state index < -0.39 is 12.0 Å². The van der Waals surface area contributed by atoms with Gasteiger partial charge < -0.3 is 5.32 Å². The summed E-state index contributed by atoms with van der Waals surface area (Å²) in [7, 11) is 0. The van der Waals surface area contributed by atoms with E-state index in [2.05, 4.69) is 30.8 Å². The molecule has 0 fully saturated rings. The lowest BCUT2D eigenvalue weighted by atomic mass is 10.2. The first-order valence-corrected chi connectivity index (χ1v) is 6.78. The van der Waals surface area contributed by atoms with Crippen LogP contribution in [0.1, 0.15) is 25.2 Å². The van der Waals surface area contributed by atoms with Crippen LogP contribution in [-0.2, 0) is 6.18 Å². The maximum Gasteiger partial charge on any atom is 0.451 e. The Morgan fingerprint density at radius 2 is 1.70 bits per heavy atom. The zero-order chi connectivity index (χ0) is 16.9. The first kappa shape index (κ1) is 16.7. The Kier molecular flexibility index (Phi) is 5.09. The van der Waals surface area contributed by atoms with Crippen molar-refractivity contribution in [2.75, 3.05) is 10.7 Å². The van der Waals surface area contributed by atoms with Crippen molar-refractivity contribution in [3.05, 3.63) is 41.7 Å². The number of aromatic nitrogens is 3. The van der Waals surface area contributed by atoms with Gasteiger partial charge in [-0.25, -0.2) is 5.43 Å². The maximum absolute atomic E-state index is 12.8. The molecule has 0 atom stereocenters. The standard InChI is InChI=1S/C14H15F3N6/c1-9(2)19-12-20-11(14(15,16)17)21-13(22-12)23-18-8-10-6-4-3-5-7-10/h3-9H,1-2H3,(H2,19,20,21,22,23)/b18-8-. The van der Waals surface area contributed by atoms with Crippen molar-refractivity contribution in [3.63, 3.8) is 0 Å². The maximum atomic E-state index is 12.8. The Labute approximate surface area is 130 Å². The Morgan fingerprint density at radius 1 is 1.04 bits per heavy atom. The molecule has 1 aromatic heterocycles. The predicted molar refractivity (Wildman–Crippen MR) is 81.2 cm³/mol. The fourth-order valence-electron chi connectivity index (χ4n) is 1.58. The fraction of sp³-hybridized carbons (Fsp3) is 0.286.